The van der Waals surface area contributed by atoms with Crippen molar-refractivity contribution in [3.63, 3.8) is 0 Å². The highest BCUT2D eigenvalue weighted by Gasteiger charge is 2.74. The number of rotatable bonds is 2. The van der Waals surface area contributed by atoms with Gasteiger partial charge in [0.25, 0.3) is 0 Å². The Kier molecular flexibility index (Phi) is 4.17. The van der Waals surface area contributed by atoms with Gasteiger partial charge in [-0.3, -0.25) is 9.59 Å². The van der Waals surface area contributed by atoms with Crippen LogP contribution >= 0.6 is 0 Å². The predicted molar refractivity (Wildman–Crippen MR) is 103 cm³/mol. The van der Waals surface area contributed by atoms with Crippen LogP contribution in [0.15, 0.2) is 23.8 Å². The van der Waals surface area contributed by atoms with Crippen molar-refractivity contribution in [3.05, 3.63) is 23.8 Å². The summed E-state index contributed by atoms with van der Waals surface area (Å²) in [5.41, 5.74) is -3.47. The summed E-state index contributed by atoms with van der Waals surface area (Å²) in [5, 5.41) is 20.8. The van der Waals surface area contributed by atoms with E-state index in [1.54, 1.807) is 13.0 Å². The summed E-state index contributed by atoms with van der Waals surface area (Å²) in [6, 6.07) is 0. The van der Waals surface area contributed by atoms with E-state index in [1.165, 1.54) is 12.2 Å². The van der Waals surface area contributed by atoms with Gasteiger partial charge in [-0.25, -0.2) is 4.39 Å². The molecular formula is C23H31FO4. The summed E-state index contributed by atoms with van der Waals surface area (Å²) >= 11 is 0. The summed E-state index contributed by atoms with van der Waals surface area (Å²) in [7, 11) is 0. The molecule has 4 rings (SSSR count). The molecule has 0 bridgehead atoms. The van der Waals surface area contributed by atoms with Crippen LogP contribution in [0, 0.1) is 34.0 Å². The van der Waals surface area contributed by atoms with Gasteiger partial charge in [0, 0.05) is 16.7 Å². The van der Waals surface area contributed by atoms with Gasteiger partial charge in [-0.15, -0.1) is 0 Å². The number of aliphatic hydroxyl groups is 2. The molecule has 0 aromatic rings. The molecule has 3 fully saturated rings. The van der Waals surface area contributed by atoms with Gasteiger partial charge in [0.1, 0.15) is 6.61 Å². The first-order valence-corrected chi connectivity index (χ1v) is 10.4. The molecule has 0 aromatic heterocycles. The maximum absolute atomic E-state index is 16.9. The molecule has 0 spiro atoms. The minimum Gasteiger partial charge on any atom is -0.390 e. The van der Waals surface area contributed by atoms with Crippen LogP contribution in [0.2, 0.25) is 0 Å². The van der Waals surface area contributed by atoms with Crippen molar-refractivity contribution in [2.75, 3.05) is 6.61 Å². The highest BCUT2D eigenvalue weighted by atomic mass is 19.1. The van der Waals surface area contributed by atoms with Crippen molar-refractivity contribution in [1.29, 1.82) is 0 Å². The fourth-order valence-electron chi connectivity index (χ4n) is 7.53. The average Bonchev–Trinajstić information content (AvgIpc) is 2.84. The van der Waals surface area contributed by atoms with Crippen LogP contribution < -0.4 is 0 Å². The number of Topliss-reactive ketones (excluding diaryl/α,β-unsaturated/α-hetero) is 1. The predicted octanol–water partition coefficient (Wildman–Crippen LogP) is 3.17. The van der Waals surface area contributed by atoms with E-state index in [0.717, 1.165) is 5.57 Å². The van der Waals surface area contributed by atoms with Crippen LogP contribution in [-0.4, -0.2) is 40.2 Å². The number of ketones is 2. The fraction of sp³-hybridized carbons (Fsp3) is 0.739. The lowest BCUT2D eigenvalue weighted by molar-refractivity contribution is -0.205. The molecule has 0 heterocycles. The van der Waals surface area contributed by atoms with Crippen LogP contribution in [-0.2, 0) is 9.59 Å². The van der Waals surface area contributed by atoms with E-state index in [4.69, 9.17) is 0 Å². The molecule has 0 radical (unpaired) electrons. The van der Waals surface area contributed by atoms with E-state index in [-0.39, 0.29) is 29.8 Å². The minimum absolute atomic E-state index is 0.00456. The topological polar surface area (TPSA) is 74.6 Å². The van der Waals surface area contributed by atoms with Gasteiger partial charge in [0.2, 0.25) is 0 Å². The Labute approximate surface area is 165 Å². The smallest absolute Gasteiger partial charge is 0.178 e. The second kappa shape index (κ2) is 5.85. The van der Waals surface area contributed by atoms with Gasteiger partial charge >= 0.3 is 0 Å². The van der Waals surface area contributed by atoms with E-state index in [2.05, 4.69) is 0 Å². The fourth-order valence-corrected chi connectivity index (χ4v) is 7.53. The van der Waals surface area contributed by atoms with Gasteiger partial charge in [-0.1, -0.05) is 32.4 Å². The maximum atomic E-state index is 16.9. The number of alkyl halides is 1. The average molecular weight is 390 g/mol. The first-order chi connectivity index (χ1) is 13.0. The van der Waals surface area contributed by atoms with Crippen LogP contribution in [0.3, 0.4) is 0 Å². The van der Waals surface area contributed by atoms with Crippen molar-refractivity contribution >= 4 is 11.6 Å². The number of allylic oxidation sites excluding steroid dienone is 4. The van der Waals surface area contributed by atoms with Gasteiger partial charge in [-0.2, -0.15) is 0 Å². The zero-order valence-corrected chi connectivity index (χ0v) is 17.2. The summed E-state index contributed by atoms with van der Waals surface area (Å²) in [4.78, 5) is 24.7. The van der Waals surface area contributed by atoms with Crippen molar-refractivity contribution in [3.8, 4) is 0 Å². The van der Waals surface area contributed by atoms with Crippen molar-refractivity contribution < 1.29 is 24.2 Å². The molecule has 8 atom stereocenters. The minimum atomic E-state index is -1.87. The van der Waals surface area contributed by atoms with Gasteiger partial charge in [0.05, 0.1) is 6.10 Å². The van der Waals surface area contributed by atoms with E-state index in [9.17, 15) is 19.8 Å². The van der Waals surface area contributed by atoms with Crippen LogP contribution in [0.5, 0.6) is 0 Å². The number of halogens is 1. The Morgan fingerprint density at radius 2 is 1.96 bits per heavy atom. The van der Waals surface area contributed by atoms with Crippen molar-refractivity contribution in [2.24, 2.45) is 34.0 Å². The molecule has 2 N–H and O–H groups in total. The lowest BCUT2D eigenvalue weighted by atomic mass is 9.43. The molecule has 0 aliphatic heterocycles. The first-order valence-electron chi connectivity index (χ1n) is 10.4. The van der Waals surface area contributed by atoms with E-state index >= 15 is 4.39 Å². The van der Waals surface area contributed by atoms with Crippen LogP contribution in [0.25, 0.3) is 0 Å². The first kappa shape index (κ1) is 20.0. The van der Waals surface area contributed by atoms with Crippen LogP contribution in [0.4, 0.5) is 4.39 Å². The molecule has 154 valence electrons. The molecule has 2 unspecified atom stereocenters. The third-order valence-electron chi connectivity index (χ3n) is 9.53. The number of hydrogen-bond acceptors (Lipinski definition) is 4. The van der Waals surface area contributed by atoms with E-state index in [1.807, 2.05) is 20.8 Å². The highest BCUT2D eigenvalue weighted by molar-refractivity contribution is 6.01. The van der Waals surface area contributed by atoms with E-state index < -0.39 is 40.5 Å². The van der Waals surface area contributed by atoms with Crippen LogP contribution in [0.1, 0.15) is 53.4 Å². The van der Waals surface area contributed by atoms with Gasteiger partial charge in [-0.05, 0) is 62.0 Å². The maximum Gasteiger partial charge on any atom is 0.178 e. The molecule has 4 aliphatic carbocycles. The highest BCUT2D eigenvalue weighted by Crippen LogP contribution is 2.72. The largest absolute Gasteiger partial charge is 0.390 e. The Hall–Kier alpha value is -1.33. The van der Waals surface area contributed by atoms with Crippen molar-refractivity contribution in [1.82, 2.24) is 0 Å². The normalized spacial score (nSPS) is 52.5. The van der Waals surface area contributed by atoms with Gasteiger partial charge < -0.3 is 10.2 Å². The molecule has 3 saturated carbocycles. The zero-order valence-electron chi connectivity index (χ0n) is 17.2. The molecule has 4 nitrogen and oxygen atoms in total. The summed E-state index contributed by atoms with van der Waals surface area (Å²) < 4.78 is 16.9. The number of hydrogen-bond donors (Lipinski definition) is 2. The second-order valence-electron chi connectivity index (χ2n) is 10.2. The lowest BCUT2D eigenvalue weighted by Gasteiger charge is -2.63. The number of aliphatic hydroxyl groups excluding tert-OH is 2. The lowest BCUT2D eigenvalue weighted by Crippen LogP contribution is -2.67. The number of fused-ring (bicyclic) bond motifs is 5. The Morgan fingerprint density at radius 3 is 2.61 bits per heavy atom. The Morgan fingerprint density at radius 1 is 1.29 bits per heavy atom. The molecule has 0 saturated heterocycles. The van der Waals surface area contributed by atoms with E-state index in [0.29, 0.717) is 19.3 Å². The molecule has 0 aromatic carbocycles. The summed E-state index contributed by atoms with van der Waals surface area (Å²) in [6.07, 6.45) is 5.45. The third kappa shape index (κ3) is 2.02. The van der Waals surface area contributed by atoms with Gasteiger partial charge in [0.15, 0.2) is 17.2 Å². The number of carbonyl (C=O) groups is 2. The summed E-state index contributed by atoms with van der Waals surface area (Å²) in [6.45, 7) is 7.18. The Bertz CT molecular complexity index is 802. The molecule has 28 heavy (non-hydrogen) atoms. The molecule has 5 heteroatoms. The summed E-state index contributed by atoms with van der Waals surface area (Å²) in [5.74, 6) is -0.780. The molecule has 0 amide bonds. The number of carbonyl (C=O) groups excluding carboxylic acids is 2. The standard InChI is InChI=1S/C23H31FO4/c1-13-9-17-16-6-5-14-10-15(26)7-8-20(14,2)23(16,24)18(27)11-21(17,3)22(13,4)19(28)12-25/h7-8,10,13,16-18,25,27H,5-6,9,11-12H2,1-4H3/t13-,16?,17?,18+,20+,21+,22-,23+/m1/s1. The Balaban J connectivity index is 1.84. The monoisotopic (exact) mass is 390 g/mol. The SMILES string of the molecule is C[C@@H]1CC2C3CCC4=CC(=O)C=C[C@]4(C)[C@@]3(F)[C@@H](O)C[C@]2(C)[C@@]1(C)C(=O)CO. The third-order valence-corrected chi connectivity index (χ3v) is 9.53. The molecular weight excluding hydrogens is 359 g/mol. The quantitative estimate of drug-likeness (QED) is 0.759. The molecule has 4 aliphatic rings. The van der Waals surface area contributed by atoms with Crippen molar-refractivity contribution in [2.45, 2.75) is 65.2 Å². The second-order valence-corrected chi connectivity index (χ2v) is 10.2. The zero-order chi connectivity index (χ0) is 20.7.